The first-order chi connectivity index (χ1) is 6.03. The predicted octanol–water partition coefficient (Wildman–Crippen LogP) is 3.37. The molecule has 0 amide bonds. The zero-order valence-corrected chi connectivity index (χ0v) is 9.66. The van der Waals surface area contributed by atoms with Gasteiger partial charge in [0, 0.05) is 9.75 Å². The molecule has 74 valence electrons. The Morgan fingerprint density at radius 3 is 2.15 bits per heavy atom. The van der Waals surface area contributed by atoms with Gasteiger partial charge in [0.15, 0.2) is 0 Å². The van der Waals surface area contributed by atoms with E-state index in [9.17, 15) is 5.11 Å². The van der Waals surface area contributed by atoms with Gasteiger partial charge in [0.2, 0.25) is 0 Å². The van der Waals surface area contributed by atoms with Gasteiger partial charge in [-0.3, -0.25) is 0 Å². The van der Waals surface area contributed by atoms with Crippen molar-refractivity contribution in [3.05, 3.63) is 21.4 Å². The molecule has 1 nitrogen and oxygen atoms in total. The zero-order valence-electron chi connectivity index (χ0n) is 8.85. The first kappa shape index (κ1) is 10.7. The maximum Gasteiger partial charge on any atom is 0.0902 e. The van der Waals surface area contributed by atoms with Crippen LogP contribution in [0.25, 0.3) is 0 Å². The Kier molecular flexibility index (Phi) is 3.14. The summed E-state index contributed by atoms with van der Waals surface area (Å²) in [4.78, 5) is 2.54. The van der Waals surface area contributed by atoms with Crippen LogP contribution in [0.3, 0.4) is 0 Å². The summed E-state index contributed by atoms with van der Waals surface area (Å²) < 4.78 is 0. The van der Waals surface area contributed by atoms with E-state index in [-0.39, 0.29) is 0 Å². The number of rotatable bonds is 3. The molecule has 1 rings (SSSR count). The minimum atomic E-state index is -0.602. The van der Waals surface area contributed by atoms with Crippen LogP contribution in [0.15, 0.2) is 6.07 Å². The van der Waals surface area contributed by atoms with Gasteiger partial charge in [-0.05, 0) is 38.3 Å². The highest BCUT2D eigenvalue weighted by molar-refractivity contribution is 7.12. The second-order valence-electron chi connectivity index (χ2n) is 3.57. The lowest BCUT2D eigenvalue weighted by atomic mass is 9.89. The van der Waals surface area contributed by atoms with Crippen LogP contribution in [-0.4, -0.2) is 5.11 Å². The number of thiophene rings is 1. The van der Waals surface area contributed by atoms with Crippen LogP contribution in [0.1, 0.15) is 42.0 Å². The molecule has 1 aromatic heterocycles. The lowest BCUT2D eigenvalue weighted by Crippen LogP contribution is -2.23. The molecule has 0 atom stereocenters. The highest BCUT2D eigenvalue weighted by Gasteiger charge is 2.27. The average Bonchev–Trinajstić information content (AvgIpc) is 2.44. The molecular weight excluding hydrogens is 180 g/mol. The fraction of sp³-hybridized carbons (Fsp3) is 0.636. The van der Waals surface area contributed by atoms with Crippen LogP contribution >= 0.6 is 11.3 Å². The molecule has 0 radical (unpaired) electrons. The Morgan fingerprint density at radius 2 is 1.85 bits per heavy atom. The molecule has 0 aliphatic heterocycles. The van der Waals surface area contributed by atoms with Gasteiger partial charge < -0.3 is 5.11 Å². The number of aryl methyl sites for hydroxylation is 2. The van der Waals surface area contributed by atoms with Gasteiger partial charge >= 0.3 is 0 Å². The van der Waals surface area contributed by atoms with E-state index < -0.39 is 5.60 Å². The molecule has 0 aliphatic rings. The quantitative estimate of drug-likeness (QED) is 0.789. The van der Waals surface area contributed by atoms with Crippen molar-refractivity contribution in [2.45, 2.75) is 46.1 Å². The van der Waals surface area contributed by atoms with E-state index in [2.05, 4.69) is 19.9 Å². The molecule has 1 aromatic rings. The second kappa shape index (κ2) is 3.81. The van der Waals surface area contributed by atoms with Crippen LogP contribution in [0.5, 0.6) is 0 Å². The molecule has 0 saturated carbocycles. The summed E-state index contributed by atoms with van der Waals surface area (Å²) in [7, 11) is 0. The molecular formula is C11H18OS. The van der Waals surface area contributed by atoms with E-state index in [0.29, 0.717) is 0 Å². The maximum atomic E-state index is 10.3. The normalized spacial score (nSPS) is 12.1. The molecule has 0 aliphatic carbocycles. The largest absolute Gasteiger partial charge is 0.385 e. The van der Waals surface area contributed by atoms with Crippen molar-refractivity contribution < 1.29 is 5.11 Å². The first-order valence-corrected chi connectivity index (χ1v) is 5.65. The second-order valence-corrected chi connectivity index (χ2v) is 5.03. The monoisotopic (exact) mass is 198 g/mol. The van der Waals surface area contributed by atoms with E-state index in [1.165, 1.54) is 9.75 Å². The summed E-state index contributed by atoms with van der Waals surface area (Å²) in [6, 6.07) is 2.12. The minimum Gasteiger partial charge on any atom is -0.385 e. The van der Waals surface area contributed by atoms with E-state index in [1.54, 1.807) is 11.3 Å². The van der Waals surface area contributed by atoms with Crippen LogP contribution in [0.4, 0.5) is 0 Å². The standard InChI is InChI=1S/C11H18OS/c1-5-11(12,6-2)10-7-8(3)13-9(10)4/h7,12H,5-6H2,1-4H3. The van der Waals surface area contributed by atoms with Gasteiger partial charge in [-0.25, -0.2) is 0 Å². The van der Waals surface area contributed by atoms with Gasteiger partial charge in [0.1, 0.15) is 0 Å². The van der Waals surface area contributed by atoms with E-state index in [1.807, 2.05) is 13.8 Å². The van der Waals surface area contributed by atoms with E-state index in [4.69, 9.17) is 0 Å². The zero-order chi connectivity index (χ0) is 10.1. The summed E-state index contributed by atoms with van der Waals surface area (Å²) in [5.74, 6) is 0. The highest BCUT2D eigenvalue weighted by atomic mass is 32.1. The molecule has 0 spiro atoms. The Hall–Kier alpha value is -0.340. The Balaban J connectivity index is 3.11. The molecule has 0 saturated heterocycles. The highest BCUT2D eigenvalue weighted by Crippen LogP contribution is 2.35. The van der Waals surface area contributed by atoms with Gasteiger partial charge in [-0.1, -0.05) is 13.8 Å². The van der Waals surface area contributed by atoms with Crippen molar-refractivity contribution in [2.75, 3.05) is 0 Å². The van der Waals surface area contributed by atoms with Gasteiger partial charge in [0.25, 0.3) is 0 Å². The summed E-state index contributed by atoms with van der Waals surface area (Å²) in [6.07, 6.45) is 1.58. The third kappa shape index (κ3) is 1.94. The Morgan fingerprint density at radius 1 is 1.31 bits per heavy atom. The SMILES string of the molecule is CCC(O)(CC)c1cc(C)sc1C. The van der Waals surface area contributed by atoms with Crippen LogP contribution in [-0.2, 0) is 5.60 Å². The summed E-state index contributed by atoms with van der Waals surface area (Å²) in [5.41, 5.74) is 0.523. The lowest BCUT2D eigenvalue weighted by molar-refractivity contribution is 0.0282. The first-order valence-electron chi connectivity index (χ1n) is 4.83. The molecule has 1 heterocycles. The van der Waals surface area contributed by atoms with E-state index >= 15 is 0 Å². The molecule has 0 aromatic carbocycles. The minimum absolute atomic E-state index is 0.602. The smallest absolute Gasteiger partial charge is 0.0902 e. The van der Waals surface area contributed by atoms with Crippen molar-refractivity contribution in [1.82, 2.24) is 0 Å². The fourth-order valence-corrected chi connectivity index (χ4v) is 2.74. The van der Waals surface area contributed by atoms with Crippen LogP contribution in [0.2, 0.25) is 0 Å². The molecule has 0 unspecified atom stereocenters. The number of hydrogen-bond donors (Lipinski definition) is 1. The third-order valence-corrected chi connectivity index (χ3v) is 3.68. The number of hydrogen-bond acceptors (Lipinski definition) is 2. The van der Waals surface area contributed by atoms with Crippen molar-refractivity contribution in [3.8, 4) is 0 Å². The van der Waals surface area contributed by atoms with Crippen molar-refractivity contribution >= 4 is 11.3 Å². The Labute approximate surface area is 84.4 Å². The third-order valence-electron chi connectivity index (χ3n) is 2.71. The topological polar surface area (TPSA) is 20.2 Å². The summed E-state index contributed by atoms with van der Waals surface area (Å²) >= 11 is 1.77. The van der Waals surface area contributed by atoms with Crippen LogP contribution < -0.4 is 0 Å². The van der Waals surface area contributed by atoms with Crippen LogP contribution in [0, 0.1) is 13.8 Å². The van der Waals surface area contributed by atoms with Gasteiger partial charge in [0.05, 0.1) is 5.60 Å². The van der Waals surface area contributed by atoms with Crippen molar-refractivity contribution in [2.24, 2.45) is 0 Å². The maximum absolute atomic E-state index is 10.3. The summed E-state index contributed by atoms with van der Waals surface area (Å²) in [6.45, 7) is 8.25. The summed E-state index contributed by atoms with van der Waals surface area (Å²) in [5, 5.41) is 10.3. The molecule has 1 N–H and O–H groups in total. The molecule has 13 heavy (non-hydrogen) atoms. The van der Waals surface area contributed by atoms with E-state index in [0.717, 1.165) is 18.4 Å². The predicted molar refractivity (Wildman–Crippen MR) is 58.3 cm³/mol. The van der Waals surface area contributed by atoms with Gasteiger partial charge in [-0.2, -0.15) is 0 Å². The number of aliphatic hydroxyl groups is 1. The van der Waals surface area contributed by atoms with Crippen molar-refractivity contribution in [3.63, 3.8) is 0 Å². The fourth-order valence-electron chi connectivity index (χ4n) is 1.72. The molecule has 2 heteroatoms. The Bertz CT molecular complexity index is 284. The average molecular weight is 198 g/mol. The molecule has 0 fully saturated rings. The lowest BCUT2D eigenvalue weighted by Gasteiger charge is -2.25. The van der Waals surface area contributed by atoms with Crippen molar-refractivity contribution in [1.29, 1.82) is 0 Å². The van der Waals surface area contributed by atoms with Gasteiger partial charge in [-0.15, -0.1) is 11.3 Å². The molecule has 0 bridgehead atoms.